The molecule has 0 radical (unpaired) electrons. The lowest BCUT2D eigenvalue weighted by atomic mass is 9.47. The van der Waals surface area contributed by atoms with Gasteiger partial charge in [-0.15, -0.1) is 0 Å². The van der Waals surface area contributed by atoms with Crippen molar-refractivity contribution in [2.24, 2.45) is 23.2 Å². The minimum absolute atomic E-state index is 0.00832. The van der Waals surface area contributed by atoms with Crippen LogP contribution in [-0.2, 0) is 0 Å². The second-order valence-electron chi connectivity index (χ2n) is 10.3. The Hall–Kier alpha value is -1.98. The van der Waals surface area contributed by atoms with Crippen molar-refractivity contribution in [3.05, 3.63) is 24.2 Å². The second kappa shape index (κ2) is 7.93. The number of hydrogen-bond donors (Lipinski definition) is 1. The van der Waals surface area contributed by atoms with Crippen LogP contribution in [0.3, 0.4) is 0 Å². The van der Waals surface area contributed by atoms with Crippen molar-refractivity contribution in [2.45, 2.75) is 64.3 Å². The molecule has 2 heterocycles. The van der Waals surface area contributed by atoms with Crippen LogP contribution in [-0.4, -0.2) is 54.0 Å². The van der Waals surface area contributed by atoms with Gasteiger partial charge in [0.25, 0.3) is 5.91 Å². The molecule has 6 rings (SSSR count). The molecule has 5 aliphatic rings. The minimum Gasteiger partial charge on any atom is -0.472 e. The fourth-order valence-electron chi connectivity index (χ4n) is 7.43. The number of hydrogen-bond acceptors (Lipinski definition) is 3. The molecule has 4 bridgehead atoms. The molecule has 0 aromatic carbocycles. The van der Waals surface area contributed by atoms with Crippen LogP contribution in [0.2, 0.25) is 0 Å². The maximum Gasteiger partial charge on any atom is 0.317 e. The number of nitrogens with zero attached hydrogens (tertiary/aromatic N) is 2. The van der Waals surface area contributed by atoms with E-state index >= 15 is 0 Å². The molecule has 5 fully saturated rings. The van der Waals surface area contributed by atoms with E-state index in [1.807, 2.05) is 9.80 Å². The van der Waals surface area contributed by atoms with Crippen molar-refractivity contribution >= 4 is 11.9 Å². The molecule has 1 aromatic rings. The lowest BCUT2D eigenvalue weighted by molar-refractivity contribution is -0.0727. The van der Waals surface area contributed by atoms with E-state index in [1.54, 1.807) is 6.07 Å². The van der Waals surface area contributed by atoms with Crippen molar-refractivity contribution in [1.29, 1.82) is 0 Å². The summed E-state index contributed by atoms with van der Waals surface area (Å²) in [6.45, 7) is 4.79. The maximum atomic E-state index is 13.2. The topological polar surface area (TPSA) is 65.8 Å². The lowest BCUT2D eigenvalue weighted by Crippen LogP contribution is -2.58. The maximum absolute atomic E-state index is 13.2. The quantitative estimate of drug-likeness (QED) is 0.807. The summed E-state index contributed by atoms with van der Waals surface area (Å²) < 4.78 is 5.05. The summed E-state index contributed by atoms with van der Waals surface area (Å²) in [5.41, 5.74) is 0.912. The zero-order valence-corrected chi connectivity index (χ0v) is 18.1. The van der Waals surface area contributed by atoms with Crippen LogP contribution in [0.4, 0.5) is 4.79 Å². The van der Waals surface area contributed by atoms with Gasteiger partial charge in [-0.05, 0) is 80.6 Å². The molecule has 1 N–H and O–H groups in total. The Morgan fingerprint density at radius 3 is 2.30 bits per heavy atom. The Balaban J connectivity index is 1.21. The van der Waals surface area contributed by atoms with Gasteiger partial charge in [-0.2, -0.15) is 0 Å². The van der Waals surface area contributed by atoms with Crippen LogP contribution in [0.25, 0.3) is 0 Å². The number of carbonyl (C=O) groups is 2. The van der Waals surface area contributed by atoms with Crippen LogP contribution in [0.15, 0.2) is 23.0 Å². The Kier molecular flexibility index (Phi) is 5.28. The van der Waals surface area contributed by atoms with Crippen molar-refractivity contribution < 1.29 is 14.0 Å². The smallest absolute Gasteiger partial charge is 0.317 e. The highest BCUT2D eigenvalue weighted by Crippen LogP contribution is 2.61. The van der Waals surface area contributed by atoms with Crippen LogP contribution in [0.1, 0.15) is 68.6 Å². The van der Waals surface area contributed by atoms with Crippen molar-refractivity contribution in [3.8, 4) is 0 Å². The third-order valence-corrected chi connectivity index (χ3v) is 8.37. The fourth-order valence-corrected chi connectivity index (χ4v) is 7.43. The molecule has 6 nitrogen and oxygen atoms in total. The summed E-state index contributed by atoms with van der Waals surface area (Å²) in [4.78, 5) is 29.6. The molecule has 6 heteroatoms. The predicted molar refractivity (Wildman–Crippen MR) is 114 cm³/mol. The Bertz CT molecular complexity index is 739. The predicted octanol–water partition coefficient (Wildman–Crippen LogP) is 4.13. The number of furan rings is 1. The average Bonchev–Trinajstić information content (AvgIpc) is 3.14. The van der Waals surface area contributed by atoms with Crippen molar-refractivity contribution in [2.75, 3.05) is 26.2 Å². The molecule has 1 atom stereocenters. The highest BCUT2D eigenvalue weighted by molar-refractivity contribution is 5.93. The third-order valence-electron chi connectivity index (χ3n) is 8.37. The first-order valence-electron chi connectivity index (χ1n) is 11.9. The third kappa shape index (κ3) is 3.63. The van der Waals surface area contributed by atoms with Gasteiger partial charge in [-0.25, -0.2) is 4.79 Å². The number of carbonyl (C=O) groups excluding carboxylic acids is 2. The lowest BCUT2D eigenvalue weighted by Gasteiger charge is -2.59. The summed E-state index contributed by atoms with van der Waals surface area (Å²) in [5.74, 6) is 2.67. The molecule has 4 saturated carbocycles. The number of rotatable bonds is 4. The largest absolute Gasteiger partial charge is 0.472 e. The van der Waals surface area contributed by atoms with Gasteiger partial charge in [-0.3, -0.25) is 4.79 Å². The summed E-state index contributed by atoms with van der Waals surface area (Å²) >= 11 is 0. The highest BCUT2D eigenvalue weighted by atomic mass is 16.3. The number of nitrogens with one attached hydrogen (secondary N) is 1. The summed E-state index contributed by atoms with van der Waals surface area (Å²) in [7, 11) is 0. The van der Waals surface area contributed by atoms with Gasteiger partial charge in [0.2, 0.25) is 0 Å². The molecule has 1 aromatic heterocycles. The highest BCUT2D eigenvalue weighted by Gasteiger charge is 2.54. The minimum atomic E-state index is -0.00832. The normalized spacial score (nSPS) is 34.0. The molecular weight excluding hydrogens is 378 g/mol. The van der Waals surface area contributed by atoms with Crippen molar-refractivity contribution in [3.63, 3.8) is 0 Å². The summed E-state index contributed by atoms with van der Waals surface area (Å²) in [6.07, 6.45) is 13.1. The molecule has 1 aliphatic heterocycles. The average molecular weight is 414 g/mol. The summed E-state index contributed by atoms with van der Waals surface area (Å²) in [5, 5.41) is 3.46. The number of amides is 3. The summed E-state index contributed by atoms with van der Waals surface area (Å²) in [6, 6.07) is 2.05. The first-order valence-corrected chi connectivity index (χ1v) is 11.9. The molecule has 30 heavy (non-hydrogen) atoms. The number of urea groups is 1. The van der Waals surface area contributed by atoms with Gasteiger partial charge in [0, 0.05) is 32.2 Å². The van der Waals surface area contributed by atoms with Gasteiger partial charge in [0.15, 0.2) is 0 Å². The van der Waals surface area contributed by atoms with Gasteiger partial charge < -0.3 is 19.5 Å². The standard InChI is InChI=1S/C24H35N3O3/c1-2-21(24-13-17-10-18(14-24)12-19(11-17)15-24)25-23(29)27-6-3-5-26(7-8-27)22(28)20-4-9-30-16-20/h4,9,16-19,21H,2-3,5-8,10-15H2,1H3,(H,25,29)/t17?,18?,19?,21-,24?/m1/s1. The molecule has 0 unspecified atom stereocenters. The van der Waals surface area contributed by atoms with Gasteiger partial charge in [0.1, 0.15) is 6.26 Å². The SMILES string of the molecule is CC[C@@H](NC(=O)N1CCCN(C(=O)c2ccoc2)CC1)C12CC3CC(CC(C3)C1)C2. The zero-order valence-electron chi connectivity index (χ0n) is 18.1. The van der Waals surface area contributed by atoms with Crippen LogP contribution in [0.5, 0.6) is 0 Å². The van der Waals surface area contributed by atoms with E-state index in [4.69, 9.17) is 4.42 Å². The van der Waals surface area contributed by atoms with Crippen molar-refractivity contribution in [1.82, 2.24) is 15.1 Å². The molecule has 3 amide bonds. The van der Waals surface area contributed by atoms with E-state index in [9.17, 15) is 9.59 Å². The molecule has 4 aliphatic carbocycles. The van der Waals surface area contributed by atoms with E-state index in [-0.39, 0.29) is 18.0 Å². The molecular formula is C24H35N3O3. The Morgan fingerprint density at radius 1 is 1.07 bits per heavy atom. The van der Waals surface area contributed by atoms with E-state index in [0.717, 1.165) is 30.6 Å². The van der Waals surface area contributed by atoms with Crippen LogP contribution in [0, 0.1) is 23.2 Å². The molecule has 1 saturated heterocycles. The van der Waals surface area contributed by atoms with Gasteiger partial charge >= 0.3 is 6.03 Å². The Labute approximate surface area is 179 Å². The zero-order chi connectivity index (χ0) is 20.7. The van der Waals surface area contributed by atoms with Crippen LogP contribution >= 0.6 is 0 Å². The molecule has 0 spiro atoms. The first-order chi connectivity index (χ1) is 14.6. The monoisotopic (exact) mass is 413 g/mol. The van der Waals surface area contributed by atoms with E-state index in [0.29, 0.717) is 37.2 Å². The Morgan fingerprint density at radius 2 is 1.70 bits per heavy atom. The first kappa shape index (κ1) is 20.0. The van der Waals surface area contributed by atoms with Crippen LogP contribution < -0.4 is 5.32 Å². The van der Waals surface area contributed by atoms with E-state index in [1.165, 1.54) is 51.1 Å². The van der Waals surface area contributed by atoms with Gasteiger partial charge in [0.05, 0.1) is 11.8 Å². The van der Waals surface area contributed by atoms with Gasteiger partial charge in [-0.1, -0.05) is 6.92 Å². The van der Waals surface area contributed by atoms with E-state index in [2.05, 4.69) is 12.2 Å². The second-order valence-corrected chi connectivity index (χ2v) is 10.3. The van der Waals surface area contributed by atoms with E-state index < -0.39 is 0 Å². The molecule has 164 valence electrons. The fraction of sp³-hybridized carbons (Fsp3) is 0.750.